The van der Waals surface area contributed by atoms with Crippen molar-refractivity contribution in [3.05, 3.63) is 12.7 Å². The van der Waals surface area contributed by atoms with Crippen LogP contribution in [0.5, 0.6) is 0 Å². The Morgan fingerprint density at radius 1 is 0.397 bits per heavy atom. The van der Waals surface area contributed by atoms with Crippen LogP contribution in [0.4, 0.5) is 162 Å². The second-order valence-electron chi connectivity index (χ2n) is 12.6. The zero-order chi connectivity index (χ0) is 56.2. The van der Waals surface area contributed by atoms with E-state index in [2.05, 4.69) is 11.3 Å². The Bertz CT molecular complexity index is 1970. The van der Waals surface area contributed by atoms with Gasteiger partial charge in [-0.3, -0.25) is 0 Å². The van der Waals surface area contributed by atoms with Gasteiger partial charge in [-0.1, -0.05) is 13.5 Å². The van der Waals surface area contributed by atoms with E-state index >= 15 is 0 Å². The maximum Gasteiger partial charge on any atom is 0.460 e. The van der Waals surface area contributed by atoms with Crippen LogP contribution in [0.2, 0.25) is 0 Å². The predicted octanol–water partition coefficient (Wildman–Crippen LogP) is 11.7. The van der Waals surface area contributed by atoms with E-state index in [4.69, 9.17) is 0 Å². The zero-order valence-electron chi connectivity index (χ0n) is 30.4. The lowest BCUT2D eigenvalue weighted by Gasteiger charge is -2.47. The lowest BCUT2D eigenvalue weighted by Crippen LogP contribution is -2.80. The number of hydrogen-bond donors (Lipinski definition) is 0. The average molecular weight is 1130 g/mol. The van der Waals surface area contributed by atoms with Crippen LogP contribution in [0.1, 0.15) is 6.92 Å². The first-order valence-corrected chi connectivity index (χ1v) is 16.6. The fourth-order valence-corrected chi connectivity index (χ4v) is 5.63. The molecule has 0 aromatic carbocycles. The summed E-state index contributed by atoms with van der Waals surface area (Å²) in [5.74, 6) is -163. The first kappa shape index (κ1) is 64.5. The Balaban J connectivity index is 7.90. The summed E-state index contributed by atoms with van der Waals surface area (Å²) < 4.78 is 539. The van der Waals surface area contributed by atoms with Gasteiger partial charge in [-0.25, -0.2) is 13.2 Å². The summed E-state index contributed by atoms with van der Waals surface area (Å²) in [5, 5.41) is -8.33. The van der Waals surface area contributed by atoms with Gasteiger partial charge in [0.05, 0.1) is 0 Å². The molecule has 0 saturated carbocycles. The molecule has 0 aliphatic heterocycles. The van der Waals surface area contributed by atoms with E-state index in [9.17, 15) is 176 Å². The van der Waals surface area contributed by atoms with Crippen LogP contribution in [-0.4, -0.2) is 145 Å². The number of hydrogen-bond acceptors (Lipinski definition) is 4. The van der Waals surface area contributed by atoms with Crippen LogP contribution in [0.3, 0.4) is 0 Å². The Hall–Kier alpha value is -3.47. The van der Waals surface area contributed by atoms with Gasteiger partial charge in [-0.2, -0.15) is 167 Å². The number of likely N-dealkylation sites (N-methyl/N-ethyl adjacent to an activating group) is 1. The molecular formula is C25H12F37NO4S. The Kier molecular flexibility index (Phi) is 16.0. The van der Waals surface area contributed by atoms with Crippen LogP contribution < -0.4 is 0 Å². The van der Waals surface area contributed by atoms with Gasteiger partial charge in [0.15, 0.2) is 0 Å². The van der Waals surface area contributed by atoms with Crippen LogP contribution in [-0.2, 0) is 19.6 Å². The molecule has 0 aromatic heterocycles. The molecule has 0 unspecified atom stereocenters. The molecule has 0 atom stereocenters. The normalized spacial score (nSPS) is 16.6. The number of sulfonamides is 1. The highest BCUT2D eigenvalue weighted by Crippen LogP contribution is 2.71. The van der Waals surface area contributed by atoms with Gasteiger partial charge in [0.1, 0.15) is 6.61 Å². The molecule has 0 saturated heterocycles. The van der Waals surface area contributed by atoms with Gasteiger partial charge in [0.25, 0.3) is 10.0 Å². The smallest absolute Gasteiger partial charge is 0.460 e. The van der Waals surface area contributed by atoms with Crippen molar-refractivity contribution in [1.29, 1.82) is 0 Å². The molecule has 0 aromatic rings. The Morgan fingerprint density at radius 2 is 0.588 bits per heavy atom. The van der Waals surface area contributed by atoms with Gasteiger partial charge in [0.2, 0.25) is 0 Å². The minimum Gasteiger partial charge on any atom is -0.461 e. The van der Waals surface area contributed by atoms with Gasteiger partial charge in [-0.05, 0) is 0 Å². The minimum absolute atomic E-state index is 0.143. The number of esters is 1. The van der Waals surface area contributed by atoms with Crippen molar-refractivity contribution in [3.8, 4) is 0 Å². The third-order valence-electron chi connectivity index (χ3n) is 8.40. The molecule has 0 radical (unpaired) electrons. The van der Waals surface area contributed by atoms with Crippen LogP contribution in [0, 0.1) is 0 Å². The summed E-state index contributed by atoms with van der Waals surface area (Å²) in [6, 6.07) is 0. The molecule has 0 aliphatic rings. The quantitative estimate of drug-likeness (QED) is 0.0581. The van der Waals surface area contributed by atoms with Crippen molar-refractivity contribution >= 4 is 16.0 Å². The molecule has 406 valence electrons. The molecule has 0 aliphatic carbocycles. The number of halogens is 37. The monoisotopic (exact) mass is 1120 g/mol. The molecule has 43 heteroatoms. The molecule has 5 nitrogen and oxygen atoms in total. The van der Waals surface area contributed by atoms with Crippen molar-refractivity contribution in [3.63, 3.8) is 0 Å². The van der Waals surface area contributed by atoms with Crippen molar-refractivity contribution in [2.75, 3.05) is 19.7 Å². The van der Waals surface area contributed by atoms with E-state index in [0.717, 1.165) is 0 Å². The van der Waals surface area contributed by atoms with Crippen molar-refractivity contribution < 1.29 is 180 Å². The molecule has 0 rings (SSSR count). The number of carbonyl (C=O) groups is 1. The van der Waals surface area contributed by atoms with Gasteiger partial charge in [0, 0.05) is 19.2 Å². The average Bonchev–Trinajstić information content (AvgIpc) is 3.14. The maximum absolute atomic E-state index is 14.5. The number of alkyl halides is 37. The lowest BCUT2D eigenvalue weighted by molar-refractivity contribution is -0.493. The zero-order valence-corrected chi connectivity index (χ0v) is 31.2. The summed E-state index contributed by atoms with van der Waals surface area (Å²) in [6.07, 6.45) is -8.36. The fourth-order valence-electron chi connectivity index (χ4n) is 4.20. The molecule has 0 bridgehead atoms. The van der Waals surface area contributed by atoms with Gasteiger partial charge in [-0.15, -0.1) is 0 Å². The molecule has 0 spiro atoms. The predicted molar refractivity (Wildman–Crippen MR) is 137 cm³/mol. The second-order valence-corrected chi connectivity index (χ2v) is 14.6. The van der Waals surface area contributed by atoms with Gasteiger partial charge < -0.3 is 4.74 Å². The van der Waals surface area contributed by atoms with Crippen LogP contribution in [0.25, 0.3) is 0 Å². The summed E-state index contributed by atoms with van der Waals surface area (Å²) in [4.78, 5) is 10.9. The topological polar surface area (TPSA) is 63.7 Å². The summed E-state index contributed by atoms with van der Waals surface area (Å²) in [6.45, 7) is -2.78. The van der Waals surface area contributed by atoms with Crippen LogP contribution >= 0.6 is 0 Å². The van der Waals surface area contributed by atoms with E-state index in [1.165, 1.54) is 0 Å². The molecule has 0 N–H and O–H groups in total. The Morgan fingerprint density at radius 3 is 0.765 bits per heavy atom. The number of nitrogens with zero attached hydrogens (tertiary/aromatic N) is 1. The standard InChI is InChI=1S/C25H12F37NO4S/c1-3-7(64)67-6-5-63(4-2)68(65,66)25(61,62)23(56,57)21(52,53)19(48,49)17(44,45)15(40,41)13(36,37)11(32,33)9(28,29)8(26,27)10(30,31)12(34,35)14(38,39)16(42,43)18(46,47)20(50,51)22(54,55)24(58,59)60/h3H,1,4-6H2,2H3. The maximum atomic E-state index is 14.5. The van der Waals surface area contributed by atoms with E-state index < -0.39 is 146 Å². The summed E-state index contributed by atoms with van der Waals surface area (Å²) in [5.41, 5.74) is 0. The Labute approximate surface area is 347 Å². The highest BCUT2D eigenvalue weighted by molar-refractivity contribution is 7.90. The lowest BCUT2D eigenvalue weighted by atomic mass is 9.82. The molecule has 0 heterocycles. The number of carbonyl (C=O) groups excluding carboxylic acids is 1. The summed E-state index contributed by atoms with van der Waals surface area (Å²) >= 11 is 0. The molecular weight excluding hydrogens is 1110 g/mol. The first-order chi connectivity index (χ1) is 28.9. The summed E-state index contributed by atoms with van der Waals surface area (Å²) in [7, 11) is -8.05. The highest BCUT2D eigenvalue weighted by Gasteiger charge is 3.03. The molecule has 68 heavy (non-hydrogen) atoms. The SMILES string of the molecule is C=CC(=O)OCCN(CC)S(=O)(=O)C(F)(F)C(F)(F)C(F)(F)C(F)(F)C(F)(F)C(F)(F)C(F)(F)C(F)(F)C(F)(F)C(F)(F)C(F)(F)C(F)(F)C(F)(F)C(F)(F)C(F)(F)C(F)(F)C(F)(F)C(F)(F)F. The third-order valence-corrected chi connectivity index (χ3v) is 10.4. The third kappa shape index (κ3) is 7.77. The fraction of sp³-hybridized carbons (Fsp3) is 0.880. The van der Waals surface area contributed by atoms with Crippen LogP contribution in [0.15, 0.2) is 12.7 Å². The number of rotatable bonds is 23. The number of ether oxygens (including phenoxy) is 1. The van der Waals surface area contributed by atoms with E-state index in [1.807, 2.05) is 0 Å². The highest BCUT2D eigenvalue weighted by atomic mass is 32.2. The first-order valence-electron chi connectivity index (χ1n) is 15.2. The minimum atomic E-state index is -10.5. The van der Waals surface area contributed by atoms with E-state index in [0.29, 0.717) is 0 Å². The van der Waals surface area contributed by atoms with Crippen molar-refractivity contribution in [2.24, 2.45) is 0 Å². The largest absolute Gasteiger partial charge is 0.461 e. The van der Waals surface area contributed by atoms with Crippen molar-refractivity contribution in [2.45, 2.75) is 113 Å². The van der Waals surface area contributed by atoms with Crippen molar-refractivity contribution in [1.82, 2.24) is 4.31 Å². The van der Waals surface area contributed by atoms with E-state index in [1.54, 1.807) is 0 Å². The van der Waals surface area contributed by atoms with Gasteiger partial charge >= 0.3 is 112 Å². The second kappa shape index (κ2) is 16.8. The molecule has 0 amide bonds. The van der Waals surface area contributed by atoms with E-state index in [-0.39, 0.29) is 13.0 Å². The molecule has 0 fully saturated rings.